The molecule has 0 saturated carbocycles. The van der Waals surface area contributed by atoms with Gasteiger partial charge >= 0.3 is 0 Å². The normalized spacial score (nSPS) is 14.6. The number of thiazole rings is 1. The number of rotatable bonds is 3. The van der Waals surface area contributed by atoms with Gasteiger partial charge < -0.3 is 5.73 Å². The lowest BCUT2D eigenvalue weighted by molar-refractivity contribution is 0.492. The largest absolute Gasteiger partial charge is 0.321 e. The molecule has 0 saturated heterocycles. The zero-order chi connectivity index (χ0) is 12.5. The van der Waals surface area contributed by atoms with E-state index in [0.717, 1.165) is 6.42 Å². The number of aryl methyl sites for hydroxylation is 2. The van der Waals surface area contributed by atoms with Crippen molar-refractivity contribution in [3.05, 3.63) is 51.5 Å². The van der Waals surface area contributed by atoms with Crippen molar-refractivity contribution in [2.75, 3.05) is 0 Å². The number of hydrogen-bond donors (Lipinski definition) is 1. The standard InChI is InChI=1S/C14H18N2S/c1-10-4-5-11(2)13(6-10)14(3,15)7-12-8-16-9-17-12/h4-6,8-9H,7,15H2,1-3H3. The number of nitrogens with zero attached hydrogens (tertiary/aromatic N) is 1. The number of benzene rings is 1. The Kier molecular flexibility index (Phi) is 3.31. The molecule has 1 aromatic heterocycles. The van der Waals surface area contributed by atoms with E-state index in [1.54, 1.807) is 11.3 Å². The molecule has 2 rings (SSSR count). The molecular formula is C14H18N2S. The predicted molar refractivity (Wildman–Crippen MR) is 73.3 cm³/mol. The van der Waals surface area contributed by atoms with Crippen LogP contribution in [0.4, 0.5) is 0 Å². The first kappa shape index (κ1) is 12.3. The molecule has 0 radical (unpaired) electrons. The molecular weight excluding hydrogens is 228 g/mol. The quantitative estimate of drug-likeness (QED) is 0.903. The van der Waals surface area contributed by atoms with Crippen LogP contribution in [-0.2, 0) is 12.0 Å². The van der Waals surface area contributed by atoms with E-state index in [1.165, 1.54) is 21.6 Å². The molecule has 2 N–H and O–H groups in total. The van der Waals surface area contributed by atoms with Gasteiger partial charge in [-0.05, 0) is 31.9 Å². The number of hydrogen-bond acceptors (Lipinski definition) is 3. The van der Waals surface area contributed by atoms with Gasteiger partial charge in [0.2, 0.25) is 0 Å². The zero-order valence-electron chi connectivity index (χ0n) is 10.5. The van der Waals surface area contributed by atoms with Gasteiger partial charge in [0.1, 0.15) is 0 Å². The highest BCUT2D eigenvalue weighted by Gasteiger charge is 2.24. The van der Waals surface area contributed by atoms with E-state index in [0.29, 0.717) is 0 Å². The van der Waals surface area contributed by atoms with Crippen LogP contribution in [0.25, 0.3) is 0 Å². The van der Waals surface area contributed by atoms with Crippen molar-refractivity contribution in [1.29, 1.82) is 0 Å². The van der Waals surface area contributed by atoms with E-state index in [9.17, 15) is 0 Å². The molecule has 1 atom stereocenters. The molecule has 0 amide bonds. The third-order valence-electron chi connectivity index (χ3n) is 3.03. The van der Waals surface area contributed by atoms with Crippen LogP contribution >= 0.6 is 11.3 Å². The topological polar surface area (TPSA) is 38.9 Å². The van der Waals surface area contributed by atoms with Gasteiger partial charge in [0.05, 0.1) is 5.51 Å². The van der Waals surface area contributed by atoms with Crippen molar-refractivity contribution in [2.24, 2.45) is 5.73 Å². The van der Waals surface area contributed by atoms with Crippen LogP contribution in [0.15, 0.2) is 29.9 Å². The smallest absolute Gasteiger partial charge is 0.0794 e. The highest BCUT2D eigenvalue weighted by molar-refractivity contribution is 7.09. The molecule has 2 aromatic rings. The van der Waals surface area contributed by atoms with Gasteiger partial charge in [-0.2, -0.15) is 0 Å². The van der Waals surface area contributed by atoms with Crippen molar-refractivity contribution in [1.82, 2.24) is 4.98 Å². The fourth-order valence-corrected chi connectivity index (χ4v) is 2.90. The summed E-state index contributed by atoms with van der Waals surface area (Å²) in [5.74, 6) is 0. The maximum Gasteiger partial charge on any atom is 0.0794 e. The minimum Gasteiger partial charge on any atom is -0.321 e. The molecule has 1 heterocycles. The lowest BCUT2D eigenvalue weighted by Gasteiger charge is -2.27. The zero-order valence-corrected chi connectivity index (χ0v) is 11.3. The van der Waals surface area contributed by atoms with Crippen molar-refractivity contribution in [3.8, 4) is 0 Å². The molecule has 0 aliphatic carbocycles. The van der Waals surface area contributed by atoms with Gasteiger partial charge in [0, 0.05) is 23.0 Å². The second-order valence-electron chi connectivity index (χ2n) is 4.88. The summed E-state index contributed by atoms with van der Waals surface area (Å²) in [6.07, 6.45) is 2.74. The van der Waals surface area contributed by atoms with E-state index >= 15 is 0 Å². The average molecular weight is 246 g/mol. The lowest BCUT2D eigenvalue weighted by Crippen LogP contribution is -2.36. The van der Waals surface area contributed by atoms with Crippen LogP contribution in [-0.4, -0.2) is 4.98 Å². The minimum absolute atomic E-state index is 0.331. The van der Waals surface area contributed by atoms with Gasteiger partial charge in [0.15, 0.2) is 0 Å². The van der Waals surface area contributed by atoms with Crippen LogP contribution in [0.5, 0.6) is 0 Å². The summed E-state index contributed by atoms with van der Waals surface area (Å²) in [6.45, 7) is 6.31. The van der Waals surface area contributed by atoms with Crippen molar-refractivity contribution < 1.29 is 0 Å². The Morgan fingerprint density at radius 1 is 1.35 bits per heavy atom. The summed E-state index contributed by atoms with van der Waals surface area (Å²) in [6, 6.07) is 6.46. The van der Waals surface area contributed by atoms with E-state index in [2.05, 4.69) is 44.0 Å². The van der Waals surface area contributed by atoms with Gasteiger partial charge in [-0.1, -0.05) is 23.8 Å². The highest BCUT2D eigenvalue weighted by atomic mass is 32.1. The molecule has 0 aliphatic heterocycles. The fourth-order valence-electron chi connectivity index (χ4n) is 2.14. The second-order valence-corrected chi connectivity index (χ2v) is 5.85. The third kappa shape index (κ3) is 2.73. The molecule has 17 heavy (non-hydrogen) atoms. The highest BCUT2D eigenvalue weighted by Crippen LogP contribution is 2.27. The Balaban J connectivity index is 2.33. The predicted octanol–water partition coefficient (Wildman–Crippen LogP) is 3.18. The summed E-state index contributed by atoms with van der Waals surface area (Å²) in [5.41, 5.74) is 11.7. The molecule has 1 unspecified atom stereocenters. The maximum atomic E-state index is 6.48. The van der Waals surface area contributed by atoms with Gasteiger partial charge in [0.25, 0.3) is 0 Å². The van der Waals surface area contributed by atoms with E-state index in [-0.39, 0.29) is 5.54 Å². The Morgan fingerprint density at radius 2 is 2.12 bits per heavy atom. The summed E-state index contributed by atoms with van der Waals surface area (Å²) in [7, 11) is 0. The summed E-state index contributed by atoms with van der Waals surface area (Å²) >= 11 is 1.66. The van der Waals surface area contributed by atoms with Crippen LogP contribution in [0, 0.1) is 13.8 Å². The first-order chi connectivity index (χ1) is 7.99. The first-order valence-electron chi connectivity index (χ1n) is 5.73. The molecule has 1 aromatic carbocycles. The third-order valence-corrected chi connectivity index (χ3v) is 3.81. The molecule has 3 heteroatoms. The summed E-state index contributed by atoms with van der Waals surface area (Å²) in [4.78, 5) is 5.34. The lowest BCUT2D eigenvalue weighted by atomic mass is 9.85. The molecule has 2 nitrogen and oxygen atoms in total. The molecule has 0 fully saturated rings. The van der Waals surface area contributed by atoms with Crippen LogP contribution in [0.2, 0.25) is 0 Å². The number of nitrogens with two attached hydrogens (primary N) is 1. The Labute approximate surface area is 107 Å². The first-order valence-corrected chi connectivity index (χ1v) is 6.61. The summed E-state index contributed by atoms with van der Waals surface area (Å²) < 4.78 is 0. The van der Waals surface area contributed by atoms with Gasteiger partial charge in [-0.3, -0.25) is 4.98 Å². The molecule has 0 aliphatic rings. The Bertz CT molecular complexity index is 501. The Hall–Kier alpha value is -1.19. The Morgan fingerprint density at radius 3 is 2.76 bits per heavy atom. The van der Waals surface area contributed by atoms with E-state index < -0.39 is 0 Å². The SMILES string of the molecule is Cc1ccc(C)c(C(C)(N)Cc2cncs2)c1. The average Bonchev–Trinajstić information content (AvgIpc) is 2.73. The fraction of sp³-hybridized carbons (Fsp3) is 0.357. The molecule has 0 spiro atoms. The van der Waals surface area contributed by atoms with Crippen LogP contribution in [0.3, 0.4) is 0 Å². The van der Waals surface area contributed by atoms with E-state index in [4.69, 9.17) is 5.73 Å². The monoisotopic (exact) mass is 246 g/mol. The van der Waals surface area contributed by atoms with Crippen LogP contribution < -0.4 is 5.73 Å². The maximum absolute atomic E-state index is 6.48. The van der Waals surface area contributed by atoms with Gasteiger partial charge in [-0.15, -0.1) is 11.3 Å². The van der Waals surface area contributed by atoms with Crippen molar-refractivity contribution in [3.63, 3.8) is 0 Å². The van der Waals surface area contributed by atoms with Crippen LogP contribution in [0.1, 0.15) is 28.5 Å². The minimum atomic E-state index is -0.331. The van der Waals surface area contributed by atoms with Crippen molar-refractivity contribution in [2.45, 2.75) is 32.7 Å². The number of aromatic nitrogens is 1. The second kappa shape index (κ2) is 4.59. The van der Waals surface area contributed by atoms with Crippen molar-refractivity contribution >= 4 is 11.3 Å². The van der Waals surface area contributed by atoms with Gasteiger partial charge in [-0.25, -0.2) is 0 Å². The molecule has 0 bridgehead atoms. The van der Waals surface area contributed by atoms with E-state index in [1.807, 2.05) is 11.7 Å². The summed E-state index contributed by atoms with van der Waals surface area (Å²) in [5, 5.41) is 0. The molecule has 90 valence electrons.